The average Bonchev–Trinajstić information content (AvgIpc) is 3.84. The Balaban J connectivity index is 0.000000172. The van der Waals surface area contributed by atoms with Gasteiger partial charge in [0.25, 0.3) is 0 Å². The highest BCUT2D eigenvalue weighted by Crippen LogP contribution is 2.28. The molecule has 2 aromatic carbocycles. The van der Waals surface area contributed by atoms with E-state index in [0.29, 0.717) is 43.5 Å². The Morgan fingerprint density at radius 3 is 1.65 bits per heavy atom. The number of anilines is 2. The van der Waals surface area contributed by atoms with Gasteiger partial charge in [-0.15, -0.1) is 0 Å². The van der Waals surface area contributed by atoms with Crippen molar-refractivity contribution in [2.24, 2.45) is 11.8 Å². The Hall–Kier alpha value is -5.96. The number of para-hydroxylation sites is 2. The normalized spacial score (nSPS) is 20.3. The SMILES string of the molecule is CC(O)CCNC(=O)C1CCC(Nc2nccc(-n3ncc4ccccc43)n2)CC1.O=C(O)C1CCC(Nc2nccc(-n3ncc4ccccc43)n2)CC1. The Morgan fingerprint density at radius 1 is 0.709 bits per heavy atom. The average molecular weight is 746 g/mol. The predicted molar refractivity (Wildman–Crippen MR) is 209 cm³/mol. The van der Waals surface area contributed by atoms with Crippen LogP contribution in [0.25, 0.3) is 33.4 Å². The van der Waals surface area contributed by atoms with E-state index in [9.17, 15) is 14.7 Å². The lowest BCUT2D eigenvalue weighted by Gasteiger charge is -2.28. The largest absolute Gasteiger partial charge is 0.481 e. The maximum absolute atomic E-state index is 12.3. The van der Waals surface area contributed by atoms with Crippen LogP contribution >= 0.6 is 0 Å². The highest BCUT2D eigenvalue weighted by atomic mass is 16.4. The summed E-state index contributed by atoms with van der Waals surface area (Å²) >= 11 is 0. The van der Waals surface area contributed by atoms with Gasteiger partial charge in [-0.1, -0.05) is 36.4 Å². The summed E-state index contributed by atoms with van der Waals surface area (Å²) in [5.41, 5.74) is 2.00. The smallest absolute Gasteiger partial charge is 0.306 e. The highest BCUT2D eigenvalue weighted by Gasteiger charge is 2.27. The van der Waals surface area contributed by atoms with Gasteiger partial charge in [0.2, 0.25) is 17.8 Å². The summed E-state index contributed by atoms with van der Waals surface area (Å²) in [6, 6.07) is 20.1. The predicted octanol–water partition coefficient (Wildman–Crippen LogP) is 5.54. The molecule has 5 N–H and O–H groups in total. The monoisotopic (exact) mass is 745 g/mol. The van der Waals surface area contributed by atoms with Crippen molar-refractivity contribution < 1.29 is 19.8 Å². The minimum atomic E-state index is -0.692. The molecule has 0 spiro atoms. The van der Waals surface area contributed by atoms with Crippen LogP contribution in [-0.2, 0) is 9.59 Å². The number of nitrogens with zero attached hydrogens (tertiary/aromatic N) is 8. The van der Waals surface area contributed by atoms with Gasteiger partial charge in [-0.25, -0.2) is 19.3 Å². The summed E-state index contributed by atoms with van der Waals surface area (Å²) in [6.45, 7) is 2.26. The number of carboxylic acid groups (broad SMARTS) is 1. The van der Waals surface area contributed by atoms with E-state index in [2.05, 4.69) is 46.1 Å². The molecule has 2 saturated carbocycles. The molecule has 2 aliphatic rings. The van der Waals surface area contributed by atoms with Gasteiger partial charge in [0, 0.05) is 59.8 Å². The maximum atomic E-state index is 12.3. The van der Waals surface area contributed by atoms with Crippen molar-refractivity contribution in [3.63, 3.8) is 0 Å². The number of aliphatic carboxylic acids is 1. The summed E-state index contributed by atoms with van der Waals surface area (Å²) in [6.07, 6.45) is 13.8. The molecular formula is C40H47N11O4. The molecule has 6 aromatic rings. The van der Waals surface area contributed by atoms with Gasteiger partial charge in [0.15, 0.2) is 11.6 Å². The number of amides is 1. The van der Waals surface area contributed by atoms with Crippen LogP contribution in [0.15, 0.2) is 85.5 Å². The molecular weight excluding hydrogens is 699 g/mol. The van der Waals surface area contributed by atoms with Crippen LogP contribution in [-0.4, -0.2) is 86.3 Å². The topological polar surface area (TPSA) is 198 Å². The first kappa shape index (κ1) is 37.4. The third-order valence-electron chi connectivity index (χ3n) is 10.4. The fourth-order valence-electron chi connectivity index (χ4n) is 7.28. The van der Waals surface area contributed by atoms with Gasteiger partial charge in [-0.2, -0.15) is 20.2 Å². The molecule has 8 rings (SSSR count). The zero-order valence-electron chi connectivity index (χ0n) is 30.8. The molecule has 55 heavy (non-hydrogen) atoms. The zero-order valence-corrected chi connectivity index (χ0v) is 30.8. The van der Waals surface area contributed by atoms with E-state index >= 15 is 0 Å². The van der Waals surface area contributed by atoms with E-state index in [0.717, 1.165) is 66.1 Å². The molecule has 2 fully saturated rings. The Bertz CT molecular complexity index is 2200. The molecule has 0 aliphatic heterocycles. The second-order valence-corrected chi connectivity index (χ2v) is 14.4. The van der Waals surface area contributed by atoms with Crippen LogP contribution < -0.4 is 16.0 Å². The molecule has 1 amide bonds. The van der Waals surface area contributed by atoms with Crippen LogP contribution in [0.4, 0.5) is 11.9 Å². The molecule has 0 bridgehead atoms. The molecule has 4 heterocycles. The van der Waals surface area contributed by atoms with Crippen molar-refractivity contribution in [1.82, 2.24) is 44.8 Å². The van der Waals surface area contributed by atoms with E-state index in [4.69, 9.17) is 5.11 Å². The lowest BCUT2D eigenvalue weighted by atomic mass is 9.85. The Kier molecular flexibility index (Phi) is 11.9. The molecule has 1 atom stereocenters. The van der Waals surface area contributed by atoms with Gasteiger partial charge >= 0.3 is 5.97 Å². The van der Waals surface area contributed by atoms with E-state index in [-0.39, 0.29) is 35.9 Å². The first-order valence-corrected chi connectivity index (χ1v) is 19.0. The zero-order chi connectivity index (χ0) is 38.1. The first-order chi connectivity index (χ1) is 26.8. The number of benzene rings is 2. The number of rotatable bonds is 11. The quantitative estimate of drug-likeness (QED) is 0.111. The van der Waals surface area contributed by atoms with E-state index in [1.54, 1.807) is 24.0 Å². The number of aromatic nitrogens is 8. The van der Waals surface area contributed by atoms with Crippen LogP contribution in [0, 0.1) is 11.8 Å². The summed E-state index contributed by atoms with van der Waals surface area (Å²) in [7, 11) is 0. The molecule has 0 saturated heterocycles. The molecule has 4 aromatic heterocycles. The first-order valence-electron chi connectivity index (χ1n) is 19.0. The van der Waals surface area contributed by atoms with Gasteiger partial charge in [-0.3, -0.25) is 9.59 Å². The third-order valence-corrected chi connectivity index (χ3v) is 10.4. The van der Waals surface area contributed by atoms with Gasteiger partial charge in [-0.05, 0) is 76.8 Å². The van der Waals surface area contributed by atoms with Crippen LogP contribution in [0.1, 0.15) is 64.7 Å². The molecule has 15 nitrogen and oxygen atoms in total. The number of aliphatic hydroxyl groups excluding tert-OH is 1. The number of fused-ring (bicyclic) bond motifs is 2. The fourth-order valence-corrected chi connectivity index (χ4v) is 7.28. The summed E-state index contributed by atoms with van der Waals surface area (Å²) in [5.74, 6) is 1.78. The van der Waals surface area contributed by atoms with Crippen molar-refractivity contribution in [2.75, 3.05) is 17.2 Å². The van der Waals surface area contributed by atoms with Crippen molar-refractivity contribution in [3.05, 3.63) is 85.5 Å². The molecule has 0 radical (unpaired) electrons. The second kappa shape index (κ2) is 17.5. The fraction of sp³-hybridized carbons (Fsp3) is 0.400. The number of hydrogen-bond acceptors (Lipinski definition) is 11. The summed E-state index contributed by atoms with van der Waals surface area (Å²) in [4.78, 5) is 41.2. The Morgan fingerprint density at radius 2 is 1.18 bits per heavy atom. The molecule has 1 unspecified atom stereocenters. The van der Waals surface area contributed by atoms with Gasteiger partial charge < -0.3 is 26.2 Å². The van der Waals surface area contributed by atoms with E-state index in [1.807, 2.05) is 77.7 Å². The number of nitrogens with one attached hydrogen (secondary N) is 3. The van der Waals surface area contributed by atoms with Crippen molar-refractivity contribution in [1.29, 1.82) is 0 Å². The summed E-state index contributed by atoms with van der Waals surface area (Å²) < 4.78 is 3.61. The Labute approximate surface area is 318 Å². The van der Waals surface area contributed by atoms with Crippen molar-refractivity contribution in [3.8, 4) is 11.6 Å². The van der Waals surface area contributed by atoms with Crippen molar-refractivity contribution in [2.45, 2.75) is 82.9 Å². The lowest BCUT2D eigenvalue weighted by Crippen LogP contribution is -2.37. The van der Waals surface area contributed by atoms with E-state index in [1.165, 1.54) is 0 Å². The number of carbonyl (C=O) groups is 2. The minimum absolute atomic E-state index is 0.0414. The lowest BCUT2D eigenvalue weighted by molar-refractivity contribution is -0.142. The number of hydrogen-bond donors (Lipinski definition) is 5. The molecule has 286 valence electrons. The number of carbonyl (C=O) groups excluding carboxylic acids is 1. The highest BCUT2D eigenvalue weighted by molar-refractivity contribution is 5.81. The van der Waals surface area contributed by atoms with Crippen LogP contribution in [0.5, 0.6) is 0 Å². The number of aliphatic hydroxyl groups is 1. The summed E-state index contributed by atoms with van der Waals surface area (Å²) in [5, 5.41) is 39.1. The second-order valence-electron chi connectivity index (χ2n) is 14.4. The van der Waals surface area contributed by atoms with E-state index < -0.39 is 5.97 Å². The minimum Gasteiger partial charge on any atom is -0.481 e. The maximum Gasteiger partial charge on any atom is 0.306 e. The van der Waals surface area contributed by atoms with Gasteiger partial charge in [0.05, 0.1) is 35.4 Å². The third kappa shape index (κ3) is 9.41. The van der Waals surface area contributed by atoms with Crippen molar-refractivity contribution >= 4 is 45.6 Å². The molecule has 2 aliphatic carbocycles. The van der Waals surface area contributed by atoms with Crippen LogP contribution in [0.2, 0.25) is 0 Å². The van der Waals surface area contributed by atoms with Gasteiger partial charge in [0.1, 0.15) is 0 Å². The van der Waals surface area contributed by atoms with Crippen LogP contribution in [0.3, 0.4) is 0 Å². The molecule has 15 heteroatoms. The standard InChI is InChI=1S/C22H28N6O2.C18H19N5O2/c1-15(29)10-12-23-21(30)16-6-8-18(9-7-16)26-22-24-13-11-20(27-22)28-19-5-3-2-4-17(19)14-25-28;24-17(25)12-5-7-14(8-6-12)21-18-19-10-9-16(22-18)23-15-4-2-1-3-13(15)11-20-23/h2-5,11,13-16,18,29H,6-10,12H2,1H3,(H,23,30)(H,24,26,27);1-4,9-12,14H,5-8H2,(H,24,25)(H,19,21,22). The number of carboxylic acids is 1.